The normalized spacial score (nSPS) is 27.2. The Hall–Kier alpha value is -1.61. The number of carbonyl (C=O) groups is 2. The maximum absolute atomic E-state index is 13.4. The number of phosphoric ester groups is 1. The lowest BCUT2D eigenvalue weighted by Gasteiger charge is -2.47. The summed E-state index contributed by atoms with van der Waals surface area (Å²) in [4.78, 5) is 36.6. The number of allylic oxidation sites excluding steroid dienone is 2. The summed E-state index contributed by atoms with van der Waals surface area (Å²) < 4.78 is 45.6. The Labute approximate surface area is 424 Å². The highest BCUT2D eigenvalue weighted by molar-refractivity contribution is 7.47. The highest BCUT2D eigenvalue weighted by Crippen LogP contribution is 2.48. The summed E-state index contributed by atoms with van der Waals surface area (Å²) in [5.41, 5.74) is 0. The molecule has 9 N–H and O–H groups in total. The van der Waals surface area contributed by atoms with Gasteiger partial charge in [-0.2, -0.15) is 0 Å². The largest absolute Gasteiger partial charge is 0.472 e. The Balaban J connectivity index is 1.91. The van der Waals surface area contributed by atoms with Crippen molar-refractivity contribution in [2.24, 2.45) is 0 Å². The minimum absolute atomic E-state index is 0.0262. The molecule has 13 atom stereocenters. The van der Waals surface area contributed by atoms with Crippen LogP contribution in [0.5, 0.6) is 0 Å². The maximum atomic E-state index is 13.4. The molecule has 0 spiro atoms. The van der Waals surface area contributed by atoms with Gasteiger partial charge in [-0.3, -0.25) is 18.6 Å². The van der Waals surface area contributed by atoms with Crippen molar-refractivity contribution in [1.29, 1.82) is 0 Å². The number of hydrogen-bond acceptors (Lipinski definition) is 17. The minimum Gasteiger partial charge on any atom is -0.462 e. The van der Waals surface area contributed by atoms with E-state index in [2.05, 4.69) is 26.0 Å². The van der Waals surface area contributed by atoms with Crippen molar-refractivity contribution in [2.75, 3.05) is 19.8 Å². The van der Waals surface area contributed by atoms with Crippen molar-refractivity contribution in [1.82, 2.24) is 0 Å². The zero-order chi connectivity index (χ0) is 52.3. The molecule has 0 radical (unpaired) electrons. The molecule has 18 nitrogen and oxygen atoms in total. The Bertz CT molecular complexity index is 1420. The molecule has 2 aliphatic rings. The lowest BCUT2D eigenvalue weighted by molar-refractivity contribution is -0.338. The standard InChI is InChI=1S/C52H97O18P/c1-3-5-7-9-11-13-15-17-19-21-22-24-26-28-30-32-34-41(54)65-37-39(67-42(55)35-33-31-29-27-25-23-20-18-16-14-12-10-8-6-4-2)38-66-71(63,64)70-51-48(61)46(59)45(58)47(60)50(51)69-52-49(62)44(57)43(56)40(36-53)68-52/h18,20,39-40,43-53,56-62H,3-17,19,21-38H2,1-2H3,(H,63,64)/b20-18-/t39-,40?,43-,44?,45-,46?,47?,48?,49-,50-,51-,52-/m1/s1. The second-order valence-electron chi connectivity index (χ2n) is 19.8. The number of rotatable bonds is 43. The molecule has 1 saturated heterocycles. The average Bonchev–Trinajstić information content (AvgIpc) is 3.35. The molecule has 0 aromatic carbocycles. The molecule has 1 aliphatic heterocycles. The lowest BCUT2D eigenvalue weighted by Crippen LogP contribution is -2.67. The molecule has 1 saturated carbocycles. The van der Waals surface area contributed by atoms with E-state index in [9.17, 15) is 59.9 Å². The fraction of sp³-hybridized carbons (Fsp3) is 0.923. The molecule has 1 heterocycles. The highest BCUT2D eigenvalue weighted by atomic mass is 31.2. The fourth-order valence-electron chi connectivity index (χ4n) is 8.93. The van der Waals surface area contributed by atoms with Gasteiger partial charge in [0.1, 0.15) is 67.6 Å². The van der Waals surface area contributed by atoms with Gasteiger partial charge >= 0.3 is 19.8 Å². The third kappa shape index (κ3) is 28.2. The highest BCUT2D eigenvalue weighted by Gasteiger charge is 2.55. The molecule has 1 aliphatic carbocycles. The summed E-state index contributed by atoms with van der Waals surface area (Å²) >= 11 is 0. The minimum atomic E-state index is -5.38. The first-order valence-electron chi connectivity index (χ1n) is 27.5. The van der Waals surface area contributed by atoms with Crippen LogP contribution < -0.4 is 0 Å². The lowest BCUT2D eigenvalue weighted by atomic mass is 9.84. The van der Waals surface area contributed by atoms with Gasteiger partial charge in [-0.25, -0.2) is 4.57 Å². The van der Waals surface area contributed by atoms with E-state index in [0.29, 0.717) is 12.8 Å². The van der Waals surface area contributed by atoms with E-state index >= 15 is 0 Å². The van der Waals surface area contributed by atoms with Crippen LogP contribution in [0.25, 0.3) is 0 Å². The summed E-state index contributed by atoms with van der Waals surface area (Å²) in [6.45, 7) is 2.25. The van der Waals surface area contributed by atoms with Gasteiger partial charge < -0.3 is 64.7 Å². The van der Waals surface area contributed by atoms with Gasteiger partial charge in [0.05, 0.1) is 13.2 Å². The van der Waals surface area contributed by atoms with Crippen LogP contribution >= 0.6 is 7.82 Å². The molecule has 19 heteroatoms. The van der Waals surface area contributed by atoms with Crippen LogP contribution in [-0.4, -0.2) is 151 Å². The predicted molar refractivity (Wildman–Crippen MR) is 268 cm³/mol. The molecule has 0 amide bonds. The van der Waals surface area contributed by atoms with Crippen LogP contribution in [0.4, 0.5) is 0 Å². The summed E-state index contributed by atoms with van der Waals surface area (Å²) in [7, 11) is -5.38. The summed E-state index contributed by atoms with van der Waals surface area (Å²) in [6, 6.07) is 0. The molecule has 2 rings (SSSR count). The van der Waals surface area contributed by atoms with Crippen LogP contribution in [-0.2, 0) is 42.1 Å². The van der Waals surface area contributed by atoms with E-state index in [1.54, 1.807) is 0 Å². The molecule has 2 fully saturated rings. The van der Waals surface area contributed by atoms with E-state index in [0.717, 1.165) is 64.2 Å². The van der Waals surface area contributed by atoms with E-state index in [-0.39, 0.29) is 12.8 Å². The van der Waals surface area contributed by atoms with E-state index < -0.39 is 113 Å². The predicted octanol–water partition coefficient (Wildman–Crippen LogP) is 7.28. The Morgan fingerprint density at radius 2 is 0.930 bits per heavy atom. The van der Waals surface area contributed by atoms with E-state index in [4.69, 9.17) is 28.0 Å². The molecule has 0 bridgehead atoms. The van der Waals surface area contributed by atoms with E-state index in [1.807, 2.05) is 0 Å². The number of aliphatic hydroxyl groups is 8. The molecule has 418 valence electrons. The van der Waals surface area contributed by atoms with Gasteiger partial charge in [0, 0.05) is 12.8 Å². The molecular weight excluding hydrogens is 944 g/mol. The van der Waals surface area contributed by atoms with Crippen LogP contribution in [0.1, 0.15) is 213 Å². The smallest absolute Gasteiger partial charge is 0.462 e. The number of aliphatic hydroxyl groups excluding tert-OH is 8. The van der Waals surface area contributed by atoms with Crippen molar-refractivity contribution in [2.45, 2.75) is 286 Å². The average molecular weight is 1040 g/mol. The van der Waals surface area contributed by atoms with Gasteiger partial charge in [-0.15, -0.1) is 0 Å². The second kappa shape index (κ2) is 39.8. The number of phosphoric acid groups is 1. The van der Waals surface area contributed by atoms with E-state index in [1.165, 1.54) is 109 Å². The van der Waals surface area contributed by atoms with Crippen LogP contribution in [0.2, 0.25) is 0 Å². The topological polar surface area (TPSA) is 289 Å². The monoisotopic (exact) mass is 1040 g/mol. The number of unbranched alkanes of at least 4 members (excludes halogenated alkanes) is 26. The molecular formula is C52H97O18P. The summed E-state index contributed by atoms with van der Waals surface area (Å²) in [5.74, 6) is -1.22. The third-order valence-electron chi connectivity index (χ3n) is 13.5. The zero-order valence-electron chi connectivity index (χ0n) is 43.3. The molecule has 0 aromatic rings. The quantitative estimate of drug-likeness (QED) is 0.0126. The third-order valence-corrected chi connectivity index (χ3v) is 14.5. The Morgan fingerprint density at radius 1 is 0.521 bits per heavy atom. The maximum Gasteiger partial charge on any atom is 0.472 e. The molecule has 6 unspecified atom stereocenters. The van der Waals surface area contributed by atoms with Gasteiger partial charge in [-0.05, 0) is 38.5 Å². The zero-order valence-corrected chi connectivity index (χ0v) is 44.2. The SMILES string of the molecule is CCCCCCCC/C=C\CCCCCCCC(=O)O[C@H](COC(=O)CCCCCCCCCCCCCCCCCC)COP(=O)(O)O[C@@H]1C(O)C(O)[C@@H](O)C(O)[C@H]1O[C@H]1OC(CO)[C@@H](O)C(O)[C@H]1O. The summed E-state index contributed by atoms with van der Waals surface area (Å²) in [6.07, 6.45) is 14.2. The van der Waals surface area contributed by atoms with Crippen LogP contribution in [0, 0.1) is 0 Å². The first-order valence-corrected chi connectivity index (χ1v) is 29.0. The number of hydrogen-bond donors (Lipinski definition) is 9. The number of esters is 2. The second-order valence-corrected chi connectivity index (χ2v) is 21.2. The van der Waals surface area contributed by atoms with Crippen molar-refractivity contribution in [3.8, 4) is 0 Å². The Kier molecular flexibility index (Phi) is 36.7. The van der Waals surface area contributed by atoms with Crippen molar-refractivity contribution in [3.05, 3.63) is 12.2 Å². The van der Waals surface area contributed by atoms with Crippen molar-refractivity contribution in [3.63, 3.8) is 0 Å². The number of ether oxygens (including phenoxy) is 4. The van der Waals surface area contributed by atoms with Gasteiger partial charge in [0.15, 0.2) is 12.4 Å². The van der Waals surface area contributed by atoms with Gasteiger partial charge in [0.25, 0.3) is 0 Å². The fourth-order valence-corrected chi connectivity index (χ4v) is 9.90. The van der Waals surface area contributed by atoms with Gasteiger partial charge in [0.2, 0.25) is 0 Å². The van der Waals surface area contributed by atoms with Gasteiger partial charge in [-0.1, -0.05) is 174 Å². The van der Waals surface area contributed by atoms with Crippen LogP contribution in [0.3, 0.4) is 0 Å². The molecule has 0 aromatic heterocycles. The van der Waals surface area contributed by atoms with Crippen molar-refractivity contribution < 1.29 is 87.9 Å². The van der Waals surface area contributed by atoms with Crippen molar-refractivity contribution >= 4 is 19.8 Å². The number of carbonyl (C=O) groups excluding carboxylic acids is 2. The molecule has 71 heavy (non-hydrogen) atoms. The summed E-state index contributed by atoms with van der Waals surface area (Å²) in [5, 5.41) is 83.1. The Morgan fingerprint density at radius 3 is 1.39 bits per heavy atom. The first kappa shape index (κ1) is 65.5. The first-order chi connectivity index (χ1) is 34.2. The van der Waals surface area contributed by atoms with Crippen LogP contribution in [0.15, 0.2) is 12.2 Å².